The van der Waals surface area contributed by atoms with Crippen LogP contribution in [0.4, 0.5) is 0 Å². The van der Waals surface area contributed by atoms with Crippen LogP contribution in [0.3, 0.4) is 0 Å². The fraction of sp³-hybridized carbons (Fsp3) is 0.909. The maximum Gasteiger partial charge on any atom is 0.236 e. The molecule has 0 aromatic carbocycles. The first-order valence-corrected chi connectivity index (χ1v) is 8.06. The second kappa shape index (κ2) is 5.54. The van der Waals surface area contributed by atoms with Gasteiger partial charge in [-0.1, -0.05) is 0 Å². The van der Waals surface area contributed by atoms with E-state index < -0.39 is 9.84 Å². The highest BCUT2D eigenvalue weighted by Crippen LogP contribution is 2.16. The summed E-state index contributed by atoms with van der Waals surface area (Å²) >= 11 is 0. The first-order valence-electron chi connectivity index (χ1n) is 6.24. The van der Waals surface area contributed by atoms with E-state index in [1.165, 1.54) is 0 Å². The lowest BCUT2D eigenvalue weighted by Gasteiger charge is -2.30. The van der Waals surface area contributed by atoms with Crippen LogP contribution in [0, 0.1) is 0 Å². The molecular weight excluding hydrogens is 256 g/mol. The second-order valence-corrected chi connectivity index (χ2v) is 7.18. The van der Waals surface area contributed by atoms with Crippen LogP contribution >= 0.6 is 0 Å². The number of nitrogens with zero attached hydrogens (tertiary/aromatic N) is 2. The molecule has 7 heteroatoms. The van der Waals surface area contributed by atoms with Gasteiger partial charge in [0.2, 0.25) is 5.91 Å². The smallest absolute Gasteiger partial charge is 0.236 e. The summed E-state index contributed by atoms with van der Waals surface area (Å²) in [6, 6.07) is -0.149. The zero-order chi connectivity index (χ0) is 13.2. The molecule has 0 aromatic rings. The van der Waals surface area contributed by atoms with Gasteiger partial charge in [-0.2, -0.15) is 0 Å². The van der Waals surface area contributed by atoms with Crippen molar-refractivity contribution < 1.29 is 17.9 Å². The number of amides is 1. The number of carbonyl (C=O) groups is 1. The predicted molar refractivity (Wildman–Crippen MR) is 67.1 cm³/mol. The van der Waals surface area contributed by atoms with Crippen LogP contribution < -0.4 is 0 Å². The van der Waals surface area contributed by atoms with E-state index in [0.29, 0.717) is 26.2 Å². The molecule has 2 aliphatic rings. The number of morpholine rings is 1. The van der Waals surface area contributed by atoms with Crippen LogP contribution in [0.2, 0.25) is 0 Å². The van der Waals surface area contributed by atoms with E-state index in [1.54, 1.807) is 11.9 Å². The van der Waals surface area contributed by atoms with Crippen molar-refractivity contribution in [3.8, 4) is 0 Å². The summed E-state index contributed by atoms with van der Waals surface area (Å²) in [7, 11) is -1.23. The third-order valence-electron chi connectivity index (χ3n) is 3.61. The van der Waals surface area contributed by atoms with E-state index in [4.69, 9.17) is 4.74 Å². The Labute approximate surface area is 108 Å². The lowest BCUT2D eigenvalue weighted by molar-refractivity contribution is -0.133. The Kier molecular flexibility index (Phi) is 4.24. The van der Waals surface area contributed by atoms with Gasteiger partial charge in [0, 0.05) is 26.2 Å². The van der Waals surface area contributed by atoms with Crippen molar-refractivity contribution in [2.45, 2.75) is 12.5 Å². The summed E-state index contributed by atoms with van der Waals surface area (Å²) in [5, 5.41) is 0. The number of hydrogen-bond acceptors (Lipinski definition) is 5. The Bertz CT molecular complexity index is 403. The molecule has 1 atom stereocenters. The summed E-state index contributed by atoms with van der Waals surface area (Å²) in [4.78, 5) is 15.7. The highest BCUT2D eigenvalue weighted by atomic mass is 32.2. The van der Waals surface area contributed by atoms with Crippen molar-refractivity contribution in [1.29, 1.82) is 0 Å². The molecule has 0 N–H and O–H groups in total. The third-order valence-corrected chi connectivity index (χ3v) is 5.36. The van der Waals surface area contributed by atoms with Crippen molar-refractivity contribution >= 4 is 15.7 Å². The van der Waals surface area contributed by atoms with Crippen LogP contribution in [0.15, 0.2) is 0 Å². The minimum Gasteiger partial charge on any atom is -0.379 e. The van der Waals surface area contributed by atoms with Crippen LogP contribution in [-0.2, 0) is 19.4 Å². The van der Waals surface area contributed by atoms with E-state index in [-0.39, 0.29) is 23.5 Å². The average molecular weight is 276 g/mol. The molecule has 6 nitrogen and oxygen atoms in total. The van der Waals surface area contributed by atoms with Crippen molar-refractivity contribution in [2.24, 2.45) is 0 Å². The summed E-state index contributed by atoms with van der Waals surface area (Å²) in [6.07, 6.45) is 0.563. The van der Waals surface area contributed by atoms with E-state index in [9.17, 15) is 13.2 Å². The van der Waals surface area contributed by atoms with Crippen molar-refractivity contribution in [3.05, 3.63) is 0 Å². The molecule has 0 bridgehead atoms. The molecule has 2 heterocycles. The molecule has 18 heavy (non-hydrogen) atoms. The van der Waals surface area contributed by atoms with E-state index in [2.05, 4.69) is 0 Å². The fourth-order valence-corrected chi connectivity index (χ4v) is 4.12. The highest BCUT2D eigenvalue weighted by Gasteiger charge is 2.33. The van der Waals surface area contributed by atoms with Crippen molar-refractivity contribution in [1.82, 2.24) is 9.80 Å². The lowest BCUT2D eigenvalue weighted by atomic mass is 10.2. The number of hydrogen-bond donors (Lipinski definition) is 0. The number of likely N-dealkylation sites (N-methyl/N-ethyl adjacent to an activating group) is 1. The maximum atomic E-state index is 12.1. The molecule has 1 amide bonds. The molecule has 2 aliphatic heterocycles. The number of sulfone groups is 1. The molecule has 2 saturated heterocycles. The third kappa shape index (κ3) is 3.43. The second-order valence-electron chi connectivity index (χ2n) is 4.95. The lowest BCUT2D eigenvalue weighted by Crippen LogP contribution is -2.46. The van der Waals surface area contributed by atoms with E-state index in [0.717, 1.165) is 13.1 Å². The molecule has 1 unspecified atom stereocenters. The van der Waals surface area contributed by atoms with Gasteiger partial charge in [-0.25, -0.2) is 8.42 Å². The molecule has 0 aliphatic carbocycles. The van der Waals surface area contributed by atoms with E-state index in [1.807, 2.05) is 4.90 Å². The van der Waals surface area contributed by atoms with Gasteiger partial charge >= 0.3 is 0 Å². The van der Waals surface area contributed by atoms with Gasteiger partial charge in [0.15, 0.2) is 9.84 Å². The van der Waals surface area contributed by atoms with Crippen LogP contribution in [0.25, 0.3) is 0 Å². The summed E-state index contributed by atoms with van der Waals surface area (Å²) in [6.45, 7) is 3.21. The Morgan fingerprint density at radius 2 is 2.06 bits per heavy atom. The minimum absolute atomic E-state index is 0.000926. The van der Waals surface area contributed by atoms with Gasteiger partial charge in [0.25, 0.3) is 0 Å². The molecule has 0 radical (unpaired) electrons. The first-order chi connectivity index (χ1) is 8.48. The monoisotopic (exact) mass is 276 g/mol. The quantitative estimate of drug-likeness (QED) is 0.659. The molecular formula is C11H20N2O4S. The van der Waals surface area contributed by atoms with Crippen LogP contribution in [0.5, 0.6) is 0 Å². The number of carbonyl (C=O) groups excluding carboxylic acids is 1. The van der Waals surface area contributed by atoms with Crippen molar-refractivity contribution in [2.75, 3.05) is 51.4 Å². The predicted octanol–water partition coefficient (Wildman–Crippen LogP) is -1.04. The van der Waals surface area contributed by atoms with Gasteiger partial charge in [-0.3, -0.25) is 9.69 Å². The summed E-state index contributed by atoms with van der Waals surface area (Å²) < 4.78 is 28.0. The Balaban J connectivity index is 1.85. The first kappa shape index (κ1) is 13.8. The normalized spacial score (nSPS) is 28.2. The summed E-state index contributed by atoms with van der Waals surface area (Å²) in [5.74, 6) is 0.310. The standard InChI is InChI=1S/C11H20N2O4S/c1-12(10-2-7-18(15,16)9-10)11(14)8-13-3-5-17-6-4-13/h10H,2-9H2,1H3. The van der Waals surface area contributed by atoms with Gasteiger partial charge in [0.05, 0.1) is 31.3 Å². The molecule has 0 aromatic heterocycles. The molecule has 0 saturated carbocycles. The zero-order valence-corrected chi connectivity index (χ0v) is 11.5. The van der Waals surface area contributed by atoms with Gasteiger partial charge in [-0.15, -0.1) is 0 Å². The topological polar surface area (TPSA) is 66.9 Å². The SMILES string of the molecule is CN(C(=O)CN1CCOCC1)C1CCS(=O)(=O)C1. The highest BCUT2D eigenvalue weighted by molar-refractivity contribution is 7.91. The fourth-order valence-electron chi connectivity index (χ4n) is 2.35. The van der Waals surface area contributed by atoms with Crippen LogP contribution in [-0.4, -0.2) is 81.6 Å². The Morgan fingerprint density at radius 3 is 2.61 bits per heavy atom. The Hall–Kier alpha value is -0.660. The molecule has 2 rings (SSSR count). The largest absolute Gasteiger partial charge is 0.379 e. The molecule has 2 fully saturated rings. The van der Waals surface area contributed by atoms with E-state index >= 15 is 0 Å². The van der Waals surface area contributed by atoms with Crippen molar-refractivity contribution in [3.63, 3.8) is 0 Å². The Morgan fingerprint density at radius 1 is 1.39 bits per heavy atom. The zero-order valence-electron chi connectivity index (χ0n) is 10.7. The molecule has 104 valence electrons. The minimum atomic E-state index is -2.93. The van der Waals surface area contributed by atoms with Gasteiger partial charge < -0.3 is 9.64 Å². The number of rotatable bonds is 3. The maximum absolute atomic E-state index is 12.1. The average Bonchev–Trinajstić information content (AvgIpc) is 2.70. The van der Waals surface area contributed by atoms with Gasteiger partial charge in [-0.05, 0) is 6.42 Å². The summed E-state index contributed by atoms with van der Waals surface area (Å²) in [5.41, 5.74) is 0. The molecule has 0 spiro atoms. The van der Waals surface area contributed by atoms with Gasteiger partial charge in [0.1, 0.15) is 0 Å². The van der Waals surface area contributed by atoms with Crippen LogP contribution in [0.1, 0.15) is 6.42 Å². The number of ether oxygens (including phenoxy) is 1.